The fraction of sp³-hybridized carbons (Fsp3) is 0.471. The van der Waals surface area contributed by atoms with Crippen LogP contribution in [-0.4, -0.2) is 41.0 Å². The SMILES string of the molecule is CC(C)(C)OC(=O)N1C[C@@]2(C[C@@H]1C(N)=O)C(=O)Nc1ccccc12. The number of carbonyl (C=O) groups excluding carboxylic acids is 3. The van der Waals surface area contributed by atoms with E-state index in [2.05, 4.69) is 5.32 Å². The van der Waals surface area contributed by atoms with Crippen LogP contribution in [0.4, 0.5) is 10.5 Å². The number of fused-ring (bicyclic) bond motifs is 2. The molecule has 3 amide bonds. The number of nitrogens with two attached hydrogens (primary N) is 1. The predicted molar refractivity (Wildman–Crippen MR) is 87.3 cm³/mol. The number of amides is 3. The van der Waals surface area contributed by atoms with Crippen LogP contribution in [0.5, 0.6) is 0 Å². The molecule has 128 valence electrons. The van der Waals surface area contributed by atoms with Gasteiger partial charge in [0.05, 0.1) is 5.41 Å². The molecule has 1 aromatic carbocycles. The van der Waals surface area contributed by atoms with E-state index in [-0.39, 0.29) is 18.9 Å². The van der Waals surface area contributed by atoms with E-state index >= 15 is 0 Å². The summed E-state index contributed by atoms with van der Waals surface area (Å²) in [6, 6.07) is 6.42. The minimum Gasteiger partial charge on any atom is -0.444 e. The molecule has 2 atom stereocenters. The Hall–Kier alpha value is -2.57. The van der Waals surface area contributed by atoms with E-state index in [1.54, 1.807) is 26.8 Å². The van der Waals surface area contributed by atoms with Crippen molar-refractivity contribution in [3.05, 3.63) is 29.8 Å². The number of nitrogens with one attached hydrogen (secondary N) is 1. The lowest BCUT2D eigenvalue weighted by molar-refractivity contribution is -0.122. The Labute approximate surface area is 140 Å². The Bertz CT molecular complexity index is 725. The highest BCUT2D eigenvalue weighted by Crippen LogP contribution is 2.46. The zero-order valence-corrected chi connectivity index (χ0v) is 14.0. The molecule has 24 heavy (non-hydrogen) atoms. The normalized spacial score (nSPS) is 25.5. The molecular formula is C17H21N3O4. The Morgan fingerprint density at radius 2 is 2.00 bits per heavy atom. The quantitative estimate of drug-likeness (QED) is 0.811. The Morgan fingerprint density at radius 3 is 2.62 bits per heavy atom. The first-order chi connectivity index (χ1) is 11.1. The van der Waals surface area contributed by atoms with Gasteiger partial charge in [-0.25, -0.2) is 4.79 Å². The van der Waals surface area contributed by atoms with Gasteiger partial charge in [-0.2, -0.15) is 0 Å². The van der Waals surface area contributed by atoms with Crippen molar-refractivity contribution in [2.75, 3.05) is 11.9 Å². The topological polar surface area (TPSA) is 102 Å². The number of para-hydroxylation sites is 1. The Morgan fingerprint density at radius 1 is 1.33 bits per heavy atom. The summed E-state index contributed by atoms with van der Waals surface area (Å²) < 4.78 is 5.38. The van der Waals surface area contributed by atoms with Gasteiger partial charge in [0.25, 0.3) is 0 Å². The molecule has 2 heterocycles. The largest absolute Gasteiger partial charge is 0.444 e. The van der Waals surface area contributed by atoms with Gasteiger partial charge in [-0.15, -0.1) is 0 Å². The van der Waals surface area contributed by atoms with Gasteiger partial charge in [-0.3, -0.25) is 14.5 Å². The summed E-state index contributed by atoms with van der Waals surface area (Å²) in [7, 11) is 0. The number of carbonyl (C=O) groups is 3. The highest BCUT2D eigenvalue weighted by Gasteiger charge is 2.57. The number of primary amides is 1. The summed E-state index contributed by atoms with van der Waals surface area (Å²) >= 11 is 0. The Kier molecular flexibility index (Phi) is 3.55. The van der Waals surface area contributed by atoms with Crippen molar-refractivity contribution in [1.29, 1.82) is 0 Å². The fourth-order valence-corrected chi connectivity index (χ4v) is 3.41. The molecule has 2 aliphatic heterocycles. The highest BCUT2D eigenvalue weighted by atomic mass is 16.6. The predicted octanol–water partition coefficient (Wildman–Crippen LogP) is 1.37. The van der Waals surface area contributed by atoms with E-state index in [0.29, 0.717) is 5.69 Å². The van der Waals surface area contributed by atoms with Crippen LogP contribution in [0.1, 0.15) is 32.8 Å². The zero-order valence-electron chi connectivity index (χ0n) is 14.0. The third-order valence-corrected chi connectivity index (χ3v) is 4.44. The first-order valence-corrected chi connectivity index (χ1v) is 7.84. The van der Waals surface area contributed by atoms with Crippen molar-refractivity contribution in [1.82, 2.24) is 4.90 Å². The number of benzene rings is 1. The van der Waals surface area contributed by atoms with Gasteiger partial charge in [0.2, 0.25) is 11.8 Å². The molecule has 7 nitrogen and oxygen atoms in total. The van der Waals surface area contributed by atoms with Gasteiger partial charge in [-0.05, 0) is 38.8 Å². The van der Waals surface area contributed by atoms with Crippen LogP contribution in [0.3, 0.4) is 0 Å². The zero-order chi connectivity index (χ0) is 17.7. The van der Waals surface area contributed by atoms with Crippen molar-refractivity contribution in [2.45, 2.75) is 44.2 Å². The monoisotopic (exact) mass is 331 g/mol. The van der Waals surface area contributed by atoms with Gasteiger partial charge in [-0.1, -0.05) is 18.2 Å². The smallest absolute Gasteiger partial charge is 0.411 e. The number of ether oxygens (including phenoxy) is 1. The second-order valence-electron chi connectivity index (χ2n) is 7.31. The van der Waals surface area contributed by atoms with Crippen molar-refractivity contribution < 1.29 is 19.1 Å². The molecule has 0 aliphatic carbocycles. The molecule has 0 radical (unpaired) electrons. The van der Waals surface area contributed by atoms with Gasteiger partial charge in [0.15, 0.2) is 0 Å². The molecule has 0 aromatic heterocycles. The van der Waals surface area contributed by atoms with Gasteiger partial charge in [0.1, 0.15) is 11.6 Å². The summed E-state index contributed by atoms with van der Waals surface area (Å²) in [6.45, 7) is 5.30. The van der Waals surface area contributed by atoms with E-state index in [4.69, 9.17) is 10.5 Å². The van der Waals surface area contributed by atoms with E-state index < -0.39 is 29.1 Å². The highest BCUT2D eigenvalue weighted by molar-refractivity contribution is 6.08. The van der Waals surface area contributed by atoms with Crippen LogP contribution >= 0.6 is 0 Å². The molecule has 1 fully saturated rings. The summed E-state index contributed by atoms with van der Waals surface area (Å²) in [5, 5.41) is 2.83. The maximum atomic E-state index is 12.6. The minimum atomic E-state index is -0.965. The van der Waals surface area contributed by atoms with Crippen molar-refractivity contribution in [2.24, 2.45) is 5.73 Å². The van der Waals surface area contributed by atoms with Crippen molar-refractivity contribution in [3.63, 3.8) is 0 Å². The first kappa shape index (κ1) is 16.3. The van der Waals surface area contributed by atoms with Crippen LogP contribution in [0.2, 0.25) is 0 Å². The van der Waals surface area contributed by atoms with Crippen LogP contribution in [-0.2, 0) is 19.7 Å². The van der Waals surface area contributed by atoms with E-state index in [0.717, 1.165) is 5.56 Å². The molecule has 7 heteroatoms. The molecule has 2 aliphatic rings. The Balaban J connectivity index is 1.98. The van der Waals surface area contributed by atoms with Crippen molar-refractivity contribution >= 4 is 23.6 Å². The maximum Gasteiger partial charge on any atom is 0.411 e. The molecule has 1 aromatic rings. The second kappa shape index (κ2) is 5.22. The summed E-state index contributed by atoms with van der Waals surface area (Å²) in [4.78, 5) is 38.3. The molecule has 1 spiro atoms. The van der Waals surface area contributed by atoms with Gasteiger partial charge < -0.3 is 15.8 Å². The van der Waals surface area contributed by atoms with Crippen molar-refractivity contribution in [3.8, 4) is 0 Å². The average Bonchev–Trinajstić information content (AvgIpc) is 2.99. The van der Waals surface area contributed by atoms with Crippen LogP contribution in [0, 0.1) is 0 Å². The molecular weight excluding hydrogens is 310 g/mol. The lowest BCUT2D eigenvalue weighted by atomic mass is 9.79. The molecule has 0 bridgehead atoms. The number of hydrogen-bond acceptors (Lipinski definition) is 4. The van der Waals surface area contributed by atoms with E-state index in [9.17, 15) is 14.4 Å². The number of hydrogen-bond donors (Lipinski definition) is 2. The fourth-order valence-electron chi connectivity index (χ4n) is 3.41. The minimum absolute atomic E-state index is 0.0678. The lowest BCUT2D eigenvalue weighted by Crippen LogP contribution is -2.46. The maximum absolute atomic E-state index is 12.6. The summed E-state index contributed by atoms with van der Waals surface area (Å²) in [5.74, 6) is -0.865. The first-order valence-electron chi connectivity index (χ1n) is 7.84. The molecule has 3 N–H and O–H groups in total. The standard InChI is InChI=1S/C17H21N3O4/c1-16(2,3)24-15(23)20-9-17(8-12(20)13(18)21)10-6-4-5-7-11(10)19-14(17)22/h4-7,12H,8-9H2,1-3H3,(H2,18,21)(H,19,22)/t12-,17-/m1/s1. The second-order valence-corrected chi connectivity index (χ2v) is 7.31. The molecule has 0 unspecified atom stereocenters. The van der Waals surface area contributed by atoms with Crippen LogP contribution in [0.15, 0.2) is 24.3 Å². The molecule has 1 saturated heterocycles. The van der Waals surface area contributed by atoms with Gasteiger partial charge >= 0.3 is 6.09 Å². The summed E-state index contributed by atoms with van der Waals surface area (Å²) in [6.07, 6.45) is -0.481. The summed E-state index contributed by atoms with van der Waals surface area (Å²) in [5.41, 5.74) is 5.31. The third-order valence-electron chi connectivity index (χ3n) is 4.44. The average molecular weight is 331 g/mol. The lowest BCUT2D eigenvalue weighted by Gasteiger charge is -2.27. The molecule has 3 rings (SSSR count). The number of rotatable bonds is 1. The van der Waals surface area contributed by atoms with Crippen LogP contribution < -0.4 is 11.1 Å². The number of nitrogens with zero attached hydrogens (tertiary/aromatic N) is 1. The van der Waals surface area contributed by atoms with Crippen LogP contribution in [0.25, 0.3) is 0 Å². The number of anilines is 1. The van der Waals surface area contributed by atoms with E-state index in [1.165, 1.54) is 4.90 Å². The van der Waals surface area contributed by atoms with E-state index in [1.807, 2.05) is 18.2 Å². The number of likely N-dealkylation sites (tertiary alicyclic amines) is 1. The third kappa shape index (κ3) is 2.50. The van der Waals surface area contributed by atoms with Gasteiger partial charge in [0, 0.05) is 12.2 Å². The molecule has 0 saturated carbocycles.